The van der Waals surface area contributed by atoms with Gasteiger partial charge in [-0.1, -0.05) is 17.3 Å². The number of pyridine rings is 1. The Hall–Kier alpha value is -3.42. The van der Waals surface area contributed by atoms with Gasteiger partial charge in [0.15, 0.2) is 0 Å². The molecule has 8 heteroatoms. The summed E-state index contributed by atoms with van der Waals surface area (Å²) in [6, 6.07) is 11.0. The number of methoxy groups -OCH3 is 1. The third kappa shape index (κ3) is 5.20. The monoisotopic (exact) mass is 424 g/mol. The molecule has 1 N–H and O–H groups in total. The maximum Gasteiger partial charge on any atom is 0.262 e. The highest BCUT2D eigenvalue weighted by atomic mass is 16.5. The van der Waals surface area contributed by atoms with E-state index in [4.69, 9.17) is 9.26 Å². The molecule has 0 aliphatic carbocycles. The first-order valence-corrected chi connectivity index (χ1v) is 10.3. The predicted octanol–water partition coefficient (Wildman–Crippen LogP) is 3.61. The molecule has 2 aromatic heterocycles. The molecule has 0 aliphatic rings. The molecular formula is C23H28N4O4. The summed E-state index contributed by atoms with van der Waals surface area (Å²) in [7, 11) is 1.61. The average Bonchev–Trinajstić information content (AvgIpc) is 3.21. The number of nitrogens with zero attached hydrogens (tertiary/aromatic N) is 3. The summed E-state index contributed by atoms with van der Waals surface area (Å²) in [6.07, 6.45) is 0.491. The van der Waals surface area contributed by atoms with Gasteiger partial charge in [0, 0.05) is 24.6 Å². The van der Waals surface area contributed by atoms with E-state index >= 15 is 0 Å². The molecule has 0 spiro atoms. The summed E-state index contributed by atoms with van der Waals surface area (Å²) in [5.74, 6) is 1.20. The number of rotatable bonds is 8. The Morgan fingerprint density at radius 2 is 1.87 bits per heavy atom. The zero-order chi connectivity index (χ0) is 22.5. The SMILES string of the molecule is COc1ccc([C@H](C)NC(=O)CCc2nc(-c3ccc(C)n(C(C)C)c3=O)no2)cc1. The molecule has 0 radical (unpaired) electrons. The van der Waals surface area contributed by atoms with Gasteiger partial charge >= 0.3 is 0 Å². The molecule has 0 bridgehead atoms. The van der Waals surface area contributed by atoms with Crippen LogP contribution in [-0.2, 0) is 11.2 Å². The zero-order valence-corrected chi connectivity index (χ0v) is 18.5. The molecule has 1 amide bonds. The molecule has 31 heavy (non-hydrogen) atoms. The van der Waals surface area contributed by atoms with Crippen LogP contribution >= 0.6 is 0 Å². The van der Waals surface area contributed by atoms with E-state index in [0.717, 1.165) is 17.0 Å². The molecule has 0 saturated carbocycles. The molecule has 164 valence electrons. The van der Waals surface area contributed by atoms with E-state index in [2.05, 4.69) is 15.5 Å². The van der Waals surface area contributed by atoms with Crippen molar-refractivity contribution < 1.29 is 14.1 Å². The summed E-state index contributed by atoms with van der Waals surface area (Å²) >= 11 is 0. The summed E-state index contributed by atoms with van der Waals surface area (Å²) in [5, 5.41) is 6.89. The highest BCUT2D eigenvalue weighted by Gasteiger charge is 2.17. The van der Waals surface area contributed by atoms with E-state index in [1.54, 1.807) is 17.7 Å². The fourth-order valence-corrected chi connectivity index (χ4v) is 3.43. The van der Waals surface area contributed by atoms with Crippen molar-refractivity contribution in [1.82, 2.24) is 20.0 Å². The third-order valence-corrected chi connectivity index (χ3v) is 5.11. The minimum Gasteiger partial charge on any atom is -0.497 e. The number of carbonyl (C=O) groups is 1. The van der Waals surface area contributed by atoms with Crippen LogP contribution in [0.15, 0.2) is 45.7 Å². The van der Waals surface area contributed by atoms with E-state index in [1.807, 2.05) is 58.0 Å². The summed E-state index contributed by atoms with van der Waals surface area (Å²) in [5.41, 5.74) is 2.07. The Morgan fingerprint density at radius 1 is 1.16 bits per heavy atom. The first kappa shape index (κ1) is 22.3. The van der Waals surface area contributed by atoms with Crippen molar-refractivity contribution >= 4 is 5.91 Å². The molecule has 3 aromatic rings. The van der Waals surface area contributed by atoms with E-state index in [0.29, 0.717) is 17.9 Å². The lowest BCUT2D eigenvalue weighted by molar-refractivity contribution is -0.121. The van der Waals surface area contributed by atoms with Crippen molar-refractivity contribution in [3.63, 3.8) is 0 Å². The van der Waals surface area contributed by atoms with E-state index in [-0.39, 0.29) is 35.8 Å². The molecule has 0 fully saturated rings. The van der Waals surface area contributed by atoms with Crippen LogP contribution in [0, 0.1) is 6.92 Å². The van der Waals surface area contributed by atoms with Crippen LogP contribution < -0.4 is 15.6 Å². The standard InChI is InChI=1S/C23H28N4O4/c1-14(2)27-15(3)6-11-19(23(27)29)22-25-21(31-26-22)13-12-20(28)24-16(4)17-7-9-18(30-5)10-8-17/h6-11,14,16H,12-13H2,1-5H3,(H,24,28)/t16-/m0/s1. The number of carbonyl (C=O) groups excluding carboxylic acids is 1. The minimum absolute atomic E-state index is 0.0233. The van der Waals surface area contributed by atoms with Crippen LogP contribution in [0.2, 0.25) is 0 Å². The van der Waals surface area contributed by atoms with Crippen molar-refractivity contribution in [2.45, 2.75) is 52.6 Å². The molecule has 1 atom stereocenters. The average molecular weight is 425 g/mol. The van der Waals surface area contributed by atoms with Gasteiger partial charge in [0.05, 0.1) is 18.7 Å². The lowest BCUT2D eigenvalue weighted by Crippen LogP contribution is -2.26. The van der Waals surface area contributed by atoms with Crippen molar-refractivity contribution in [2.75, 3.05) is 7.11 Å². The quantitative estimate of drug-likeness (QED) is 0.593. The molecule has 1 aromatic carbocycles. The fraction of sp³-hybridized carbons (Fsp3) is 0.391. The number of aromatic nitrogens is 3. The second-order valence-electron chi connectivity index (χ2n) is 7.73. The normalized spacial score (nSPS) is 12.1. The van der Waals surface area contributed by atoms with E-state index < -0.39 is 0 Å². The maximum atomic E-state index is 12.8. The summed E-state index contributed by atoms with van der Waals surface area (Å²) in [4.78, 5) is 29.4. The molecule has 3 rings (SSSR count). The van der Waals surface area contributed by atoms with Gasteiger partial charge < -0.3 is 19.1 Å². The zero-order valence-electron chi connectivity index (χ0n) is 18.5. The lowest BCUT2D eigenvalue weighted by atomic mass is 10.1. The van der Waals surface area contributed by atoms with Gasteiger partial charge in [0.25, 0.3) is 5.56 Å². The maximum absolute atomic E-state index is 12.8. The fourth-order valence-electron chi connectivity index (χ4n) is 3.43. The first-order chi connectivity index (χ1) is 14.8. The van der Waals surface area contributed by atoms with Gasteiger partial charge in [-0.25, -0.2) is 0 Å². The number of hydrogen-bond acceptors (Lipinski definition) is 6. The second-order valence-corrected chi connectivity index (χ2v) is 7.73. The van der Waals surface area contributed by atoms with Crippen LogP contribution in [0.5, 0.6) is 5.75 Å². The molecule has 0 saturated heterocycles. The van der Waals surface area contributed by atoms with Gasteiger partial charge in [0.1, 0.15) is 5.75 Å². The molecule has 8 nitrogen and oxygen atoms in total. The predicted molar refractivity (Wildman–Crippen MR) is 117 cm³/mol. The van der Waals surface area contributed by atoms with Crippen molar-refractivity contribution in [3.8, 4) is 17.1 Å². The molecule has 0 unspecified atom stereocenters. The number of amides is 1. The van der Waals surface area contributed by atoms with Crippen LogP contribution in [0.1, 0.15) is 56.4 Å². The number of aryl methyl sites for hydroxylation is 2. The highest BCUT2D eigenvalue weighted by molar-refractivity contribution is 5.76. The number of nitrogens with one attached hydrogen (secondary N) is 1. The minimum atomic E-state index is -0.159. The van der Waals surface area contributed by atoms with Crippen LogP contribution in [0.4, 0.5) is 0 Å². The van der Waals surface area contributed by atoms with Gasteiger partial charge in [-0.3, -0.25) is 9.59 Å². The Morgan fingerprint density at radius 3 is 2.52 bits per heavy atom. The third-order valence-electron chi connectivity index (χ3n) is 5.11. The lowest BCUT2D eigenvalue weighted by Gasteiger charge is -2.14. The second kappa shape index (κ2) is 9.59. The molecular weight excluding hydrogens is 396 g/mol. The number of hydrogen-bond donors (Lipinski definition) is 1. The van der Waals surface area contributed by atoms with Gasteiger partial charge in [-0.15, -0.1) is 0 Å². The smallest absolute Gasteiger partial charge is 0.262 e. The van der Waals surface area contributed by atoms with Gasteiger partial charge in [0.2, 0.25) is 17.6 Å². The van der Waals surface area contributed by atoms with Crippen molar-refractivity contribution in [1.29, 1.82) is 0 Å². The van der Waals surface area contributed by atoms with Crippen LogP contribution in [-0.4, -0.2) is 27.7 Å². The van der Waals surface area contributed by atoms with E-state index in [9.17, 15) is 9.59 Å². The molecule has 2 heterocycles. The summed E-state index contributed by atoms with van der Waals surface area (Å²) in [6.45, 7) is 7.71. The Kier molecular flexibility index (Phi) is 6.89. The van der Waals surface area contributed by atoms with Crippen molar-refractivity contribution in [3.05, 3.63) is 63.9 Å². The first-order valence-electron chi connectivity index (χ1n) is 10.3. The van der Waals surface area contributed by atoms with E-state index in [1.165, 1.54) is 0 Å². The number of ether oxygens (including phenoxy) is 1. The Bertz CT molecular complexity index is 1100. The largest absolute Gasteiger partial charge is 0.497 e. The summed E-state index contributed by atoms with van der Waals surface area (Å²) < 4.78 is 12.1. The highest BCUT2D eigenvalue weighted by Crippen LogP contribution is 2.18. The van der Waals surface area contributed by atoms with Gasteiger partial charge in [-0.2, -0.15) is 4.98 Å². The Labute approximate surface area is 181 Å². The topological polar surface area (TPSA) is 99.2 Å². The Balaban J connectivity index is 1.62. The van der Waals surface area contributed by atoms with Crippen LogP contribution in [0.25, 0.3) is 11.4 Å². The molecule has 0 aliphatic heterocycles. The van der Waals surface area contributed by atoms with Crippen molar-refractivity contribution in [2.24, 2.45) is 0 Å². The van der Waals surface area contributed by atoms with Gasteiger partial charge in [-0.05, 0) is 57.5 Å². The van der Waals surface area contributed by atoms with Crippen LogP contribution in [0.3, 0.4) is 0 Å². The number of benzene rings is 1.